The van der Waals surface area contributed by atoms with Crippen molar-refractivity contribution in [3.05, 3.63) is 0 Å². The maximum atomic E-state index is 12.8. The molecule has 0 saturated carbocycles. The number of alkyl halides is 2. The minimum absolute atomic E-state index is 0.161. The van der Waals surface area contributed by atoms with Gasteiger partial charge in [-0.25, -0.2) is 8.78 Å². The number of rotatable bonds is 1. The number of hydrogen-bond donors (Lipinski definition) is 0. The van der Waals surface area contributed by atoms with E-state index in [1.807, 2.05) is 0 Å². The number of amides is 1. The Morgan fingerprint density at radius 1 is 1.77 bits per heavy atom. The van der Waals surface area contributed by atoms with E-state index in [9.17, 15) is 13.6 Å². The van der Waals surface area contributed by atoms with Crippen LogP contribution in [0, 0.1) is 11.3 Å². The van der Waals surface area contributed by atoms with Crippen LogP contribution in [0.2, 0.25) is 0 Å². The Kier molecular flexibility index (Phi) is 2.50. The van der Waals surface area contributed by atoms with Crippen LogP contribution < -0.4 is 0 Å². The highest BCUT2D eigenvalue weighted by molar-refractivity contribution is 5.77. The average molecular weight is 188 g/mol. The molecule has 0 radical (unpaired) electrons. The molecule has 72 valence electrons. The zero-order valence-corrected chi connectivity index (χ0v) is 7.26. The van der Waals surface area contributed by atoms with Crippen molar-refractivity contribution in [2.75, 3.05) is 6.54 Å². The quantitative estimate of drug-likeness (QED) is 0.619. The number of nitriles is 1. The summed E-state index contributed by atoms with van der Waals surface area (Å²) in [5, 5.41) is 8.54. The van der Waals surface area contributed by atoms with E-state index in [2.05, 4.69) is 0 Å². The minimum Gasteiger partial charge on any atom is -0.320 e. The van der Waals surface area contributed by atoms with E-state index in [1.54, 1.807) is 13.0 Å². The first-order valence-corrected chi connectivity index (χ1v) is 4.07. The average Bonchev–Trinajstić information content (AvgIpc) is 2.39. The second-order valence-electron chi connectivity index (χ2n) is 3.08. The van der Waals surface area contributed by atoms with Crippen molar-refractivity contribution in [1.29, 1.82) is 5.26 Å². The highest BCUT2D eigenvalue weighted by atomic mass is 19.3. The molecule has 3 nitrogen and oxygen atoms in total. The van der Waals surface area contributed by atoms with Crippen LogP contribution in [0.4, 0.5) is 8.78 Å². The van der Waals surface area contributed by atoms with E-state index in [0.29, 0.717) is 0 Å². The summed E-state index contributed by atoms with van der Waals surface area (Å²) in [5.41, 5.74) is 0. The fourth-order valence-electron chi connectivity index (χ4n) is 1.40. The van der Waals surface area contributed by atoms with Crippen molar-refractivity contribution < 1.29 is 13.6 Å². The Bertz CT molecular complexity index is 259. The molecule has 0 bridgehead atoms. The summed E-state index contributed by atoms with van der Waals surface area (Å²) in [6.07, 6.45) is -0.372. The van der Waals surface area contributed by atoms with Crippen molar-refractivity contribution in [3.63, 3.8) is 0 Å². The molecular weight excluding hydrogens is 178 g/mol. The largest absolute Gasteiger partial charge is 0.320 e. The zero-order valence-electron chi connectivity index (χ0n) is 7.26. The van der Waals surface area contributed by atoms with Gasteiger partial charge >= 0.3 is 0 Å². The molecule has 1 atom stereocenters. The summed E-state index contributed by atoms with van der Waals surface area (Å²) in [6.45, 7) is 0.977. The summed E-state index contributed by atoms with van der Waals surface area (Å²) < 4.78 is 25.6. The van der Waals surface area contributed by atoms with Crippen LogP contribution >= 0.6 is 0 Å². The topological polar surface area (TPSA) is 44.1 Å². The van der Waals surface area contributed by atoms with Gasteiger partial charge in [0.1, 0.15) is 6.04 Å². The molecule has 0 N–H and O–H groups in total. The van der Waals surface area contributed by atoms with E-state index in [4.69, 9.17) is 5.26 Å². The van der Waals surface area contributed by atoms with Gasteiger partial charge in [-0.1, -0.05) is 6.92 Å². The van der Waals surface area contributed by atoms with Crippen LogP contribution in [0.5, 0.6) is 0 Å². The van der Waals surface area contributed by atoms with Crippen LogP contribution in [0.1, 0.15) is 19.8 Å². The van der Waals surface area contributed by atoms with Crippen LogP contribution in [0.25, 0.3) is 0 Å². The van der Waals surface area contributed by atoms with Crippen LogP contribution in [-0.4, -0.2) is 29.3 Å². The molecule has 1 unspecified atom stereocenters. The van der Waals surface area contributed by atoms with Gasteiger partial charge in [-0.15, -0.1) is 0 Å². The molecule has 0 aromatic carbocycles. The fourth-order valence-corrected chi connectivity index (χ4v) is 1.40. The molecule has 1 aliphatic rings. The fraction of sp³-hybridized carbons (Fsp3) is 0.750. The van der Waals surface area contributed by atoms with Crippen LogP contribution in [-0.2, 0) is 4.79 Å². The third kappa shape index (κ3) is 1.94. The number of likely N-dealkylation sites (tertiary alicyclic amines) is 1. The van der Waals surface area contributed by atoms with E-state index in [1.165, 1.54) is 0 Å². The maximum Gasteiger partial charge on any atom is 0.268 e. The summed E-state index contributed by atoms with van der Waals surface area (Å²) >= 11 is 0. The highest BCUT2D eigenvalue weighted by Crippen LogP contribution is 2.31. The number of carbonyl (C=O) groups excluding carboxylic acids is 1. The third-order valence-electron chi connectivity index (χ3n) is 2.04. The van der Waals surface area contributed by atoms with Crippen molar-refractivity contribution >= 4 is 5.91 Å². The van der Waals surface area contributed by atoms with Crippen molar-refractivity contribution in [1.82, 2.24) is 4.90 Å². The van der Waals surface area contributed by atoms with Gasteiger partial charge < -0.3 is 4.90 Å². The predicted octanol–water partition coefficient (Wildman–Crippen LogP) is 1.16. The Labute approximate surface area is 74.9 Å². The molecule has 13 heavy (non-hydrogen) atoms. The first kappa shape index (κ1) is 9.90. The van der Waals surface area contributed by atoms with E-state index >= 15 is 0 Å². The lowest BCUT2D eigenvalue weighted by molar-refractivity contribution is -0.132. The first-order chi connectivity index (χ1) is 6.00. The van der Waals surface area contributed by atoms with Gasteiger partial charge in [-0.2, -0.15) is 5.26 Å². The first-order valence-electron chi connectivity index (χ1n) is 4.07. The molecule has 1 aliphatic heterocycles. The zero-order chi connectivity index (χ0) is 10.1. The molecule has 5 heteroatoms. The van der Waals surface area contributed by atoms with E-state index < -0.39 is 24.9 Å². The Balaban J connectivity index is 2.76. The smallest absolute Gasteiger partial charge is 0.268 e. The second kappa shape index (κ2) is 3.29. The molecular formula is C8H10F2N2O. The molecule has 1 rings (SSSR count). The summed E-state index contributed by atoms with van der Waals surface area (Å²) in [6, 6.07) is 0.754. The number of hydrogen-bond acceptors (Lipinski definition) is 2. The van der Waals surface area contributed by atoms with Crippen molar-refractivity contribution in [3.8, 4) is 6.07 Å². The second-order valence-corrected chi connectivity index (χ2v) is 3.08. The molecule has 0 aromatic heterocycles. The SMILES string of the molecule is CCC(=O)N1CC(F)(F)CC1C#N. The predicted molar refractivity (Wildman–Crippen MR) is 41.0 cm³/mol. The standard InChI is InChI=1S/C8H10F2N2O/c1-2-7(13)12-5-8(9,10)3-6(12)4-11/h6H,2-3,5H2,1H3. The molecule has 1 saturated heterocycles. The van der Waals surface area contributed by atoms with Crippen LogP contribution in [0.3, 0.4) is 0 Å². The van der Waals surface area contributed by atoms with Gasteiger partial charge in [0.15, 0.2) is 0 Å². The molecule has 1 heterocycles. The summed E-state index contributed by atoms with van der Waals surface area (Å²) in [5.74, 6) is -3.28. The lowest BCUT2D eigenvalue weighted by atomic mass is 10.2. The molecule has 0 aromatic rings. The van der Waals surface area contributed by atoms with E-state index in [-0.39, 0.29) is 12.3 Å². The van der Waals surface area contributed by atoms with E-state index in [0.717, 1.165) is 4.90 Å². The molecule has 0 spiro atoms. The summed E-state index contributed by atoms with van der Waals surface area (Å²) in [7, 11) is 0. The van der Waals surface area contributed by atoms with Gasteiger partial charge in [-0.05, 0) is 0 Å². The Hall–Kier alpha value is -1.18. The van der Waals surface area contributed by atoms with Crippen molar-refractivity contribution in [2.24, 2.45) is 0 Å². The van der Waals surface area contributed by atoms with Gasteiger partial charge in [0.25, 0.3) is 5.92 Å². The number of halogens is 2. The molecule has 1 fully saturated rings. The summed E-state index contributed by atoms with van der Waals surface area (Å²) in [4.78, 5) is 12.1. The monoisotopic (exact) mass is 188 g/mol. The normalized spacial score (nSPS) is 25.7. The van der Waals surface area contributed by atoms with Crippen molar-refractivity contribution in [2.45, 2.75) is 31.7 Å². The molecule has 1 amide bonds. The maximum absolute atomic E-state index is 12.8. The third-order valence-corrected chi connectivity index (χ3v) is 2.04. The highest BCUT2D eigenvalue weighted by Gasteiger charge is 2.46. The Morgan fingerprint density at radius 2 is 2.38 bits per heavy atom. The van der Waals surface area contributed by atoms with Gasteiger partial charge in [0.2, 0.25) is 5.91 Å². The van der Waals surface area contributed by atoms with Crippen LogP contribution in [0.15, 0.2) is 0 Å². The minimum atomic E-state index is -2.90. The number of carbonyl (C=O) groups is 1. The molecule has 0 aliphatic carbocycles. The lowest BCUT2D eigenvalue weighted by Gasteiger charge is -2.17. The van der Waals surface area contributed by atoms with Gasteiger partial charge in [0.05, 0.1) is 12.6 Å². The van der Waals surface area contributed by atoms with Gasteiger partial charge in [-0.3, -0.25) is 4.79 Å². The Morgan fingerprint density at radius 3 is 2.85 bits per heavy atom. The number of nitrogens with zero attached hydrogens (tertiary/aromatic N) is 2. The lowest BCUT2D eigenvalue weighted by Crippen LogP contribution is -2.35. The van der Waals surface area contributed by atoms with Gasteiger partial charge in [0, 0.05) is 12.8 Å².